The van der Waals surface area contributed by atoms with Gasteiger partial charge in [0.15, 0.2) is 0 Å². The number of hydrogen-bond acceptors (Lipinski definition) is 2. The molecular formula is C22H26N2O2. The monoisotopic (exact) mass is 350 g/mol. The van der Waals surface area contributed by atoms with Crippen LogP contribution in [0.2, 0.25) is 0 Å². The third kappa shape index (κ3) is 3.79. The van der Waals surface area contributed by atoms with Gasteiger partial charge in [-0.05, 0) is 23.1 Å². The molecule has 0 aromatic heterocycles. The summed E-state index contributed by atoms with van der Waals surface area (Å²) in [7, 11) is 0. The first kappa shape index (κ1) is 18.2. The maximum Gasteiger partial charge on any atom is 0.228 e. The molecule has 136 valence electrons. The van der Waals surface area contributed by atoms with Crippen molar-refractivity contribution in [2.45, 2.75) is 45.1 Å². The minimum absolute atomic E-state index is 0.0455. The largest absolute Gasteiger partial charge is 0.348 e. The van der Waals surface area contributed by atoms with Crippen molar-refractivity contribution >= 4 is 17.5 Å². The molecule has 0 fully saturated rings. The Balaban J connectivity index is 1.88. The Bertz CT molecular complexity index is 769. The number of amides is 2. The fraction of sp³-hybridized carbons (Fsp3) is 0.364. The molecule has 1 aliphatic rings. The van der Waals surface area contributed by atoms with E-state index in [4.69, 9.17) is 0 Å². The van der Waals surface area contributed by atoms with Gasteiger partial charge in [0.05, 0.1) is 12.0 Å². The smallest absolute Gasteiger partial charge is 0.228 e. The fourth-order valence-corrected chi connectivity index (χ4v) is 3.79. The van der Waals surface area contributed by atoms with E-state index in [9.17, 15) is 9.59 Å². The number of anilines is 1. The molecule has 0 bridgehead atoms. The van der Waals surface area contributed by atoms with Gasteiger partial charge in [-0.25, -0.2) is 0 Å². The van der Waals surface area contributed by atoms with Crippen LogP contribution >= 0.6 is 0 Å². The number of carbonyl (C=O) groups excluding carboxylic acids is 2. The zero-order valence-corrected chi connectivity index (χ0v) is 15.4. The molecular weight excluding hydrogens is 324 g/mol. The molecule has 1 aliphatic heterocycles. The Labute approximate surface area is 155 Å². The highest BCUT2D eigenvalue weighted by Gasteiger charge is 2.32. The summed E-state index contributed by atoms with van der Waals surface area (Å²) in [4.78, 5) is 25.2. The summed E-state index contributed by atoms with van der Waals surface area (Å²) in [6.07, 6.45) is 2.16. The Morgan fingerprint density at radius 3 is 2.42 bits per heavy atom. The first-order valence-corrected chi connectivity index (χ1v) is 9.38. The van der Waals surface area contributed by atoms with Gasteiger partial charge in [-0.15, -0.1) is 0 Å². The zero-order chi connectivity index (χ0) is 18.5. The van der Waals surface area contributed by atoms with Crippen molar-refractivity contribution in [3.8, 4) is 0 Å². The molecule has 2 N–H and O–H groups in total. The van der Waals surface area contributed by atoms with Crippen LogP contribution in [-0.4, -0.2) is 11.8 Å². The number of nitrogens with one attached hydrogen (secondary N) is 2. The number of hydrogen-bond donors (Lipinski definition) is 2. The van der Waals surface area contributed by atoms with Crippen LogP contribution < -0.4 is 10.6 Å². The molecule has 2 amide bonds. The van der Waals surface area contributed by atoms with Gasteiger partial charge in [0.2, 0.25) is 11.8 Å². The topological polar surface area (TPSA) is 58.2 Å². The van der Waals surface area contributed by atoms with Gasteiger partial charge in [0.1, 0.15) is 0 Å². The Morgan fingerprint density at radius 2 is 1.73 bits per heavy atom. The van der Waals surface area contributed by atoms with Crippen LogP contribution in [0, 0.1) is 5.92 Å². The van der Waals surface area contributed by atoms with Gasteiger partial charge in [-0.1, -0.05) is 75.2 Å². The number of fused-ring (bicyclic) bond motifs is 1. The summed E-state index contributed by atoms with van der Waals surface area (Å²) in [6.45, 7) is 4.30. The van der Waals surface area contributed by atoms with E-state index in [0.717, 1.165) is 29.7 Å². The fourth-order valence-electron chi connectivity index (χ4n) is 3.79. The highest BCUT2D eigenvalue weighted by Crippen LogP contribution is 2.34. The van der Waals surface area contributed by atoms with Crippen molar-refractivity contribution in [3.63, 3.8) is 0 Å². The standard InChI is InChI=1S/C22H26N2O2/c1-3-15(4-2)21(16-10-6-5-7-11-16)24-22(26)18-14-20(25)23-19-13-9-8-12-17(18)19/h5-13,15,18,21H,3-4,14H2,1-2H3,(H,23,25)(H,24,26). The second kappa shape index (κ2) is 8.17. The summed E-state index contributed by atoms with van der Waals surface area (Å²) in [5.41, 5.74) is 2.74. The van der Waals surface area contributed by atoms with E-state index < -0.39 is 5.92 Å². The molecule has 2 unspecified atom stereocenters. The lowest BCUT2D eigenvalue weighted by atomic mass is 9.86. The molecule has 0 saturated heterocycles. The van der Waals surface area contributed by atoms with Crippen molar-refractivity contribution in [3.05, 3.63) is 65.7 Å². The zero-order valence-electron chi connectivity index (χ0n) is 15.4. The van der Waals surface area contributed by atoms with Crippen LogP contribution in [0.3, 0.4) is 0 Å². The third-order valence-electron chi connectivity index (χ3n) is 5.29. The molecule has 3 rings (SSSR count). The molecule has 4 heteroatoms. The van der Waals surface area contributed by atoms with E-state index in [1.54, 1.807) is 0 Å². The first-order valence-electron chi connectivity index (χ1n) is 9.38. The Hall–Kier alpha value is -2.62. The minimum atomic E-state index is -0.444. The second-order valence-corrected chi connectivity index (χ2v) is 6.87. The third-order valence-corrected chi connectivity index (χ3v) is 5.29. The highest BCUT2D eigenvalue weighted by atomic mass is 16.2. The normalized spacial score (nSPS) is 17.3. The highest BCUT2D eigenvalue weighted by molar-refractivity contribution is 6.01. The van der Waals surface area contributed by atoms with Crippen LogP contribution in [0.5, 0.6) is 0 Å². The molecule has 0 spiro atoms. The van der Waals surface area contributed by atoms with Gasteiger partial charge in [0, 0.05) is 12.1 Å². The summed E-state index contributed by atoms with van der Waals surface area (Å²) >= 11 is 0. The van der Waals surface area contributed by atoms with E-state index in [0.29, 0.717) is 5.92 Å². The summed E-state index contributed by atoms with van der Waals surface area (Å²) < 4.78 is 0. The van der Waals surface area contributed by atoms with Crippen LogP contribution in [0.1, 0.15) is 56.2 Å². The van der Waals surface area contributed by atoms with Crippen molar-refractivity contribution in [2.24, 2.45) is 5.92 Å². The van der Waals surface area contributed by atoms with Gasteiger partial charge >= 0.3 is 0 Å². The molecule has 4 nitrogen and oxygen atoms in total. The van der Waals surface area contributed by atoms with Gasteiger partial charge in [-0.3, -0.25) is 9.59 Å². The van der Waals surface area contributed by atoms with E-state index in [1.807, 2.05) is 42.5 Å². The van der Waals surface area contributed by atoms with E-state index in [1.165, 1.54) is 0 Å². The number of para-hydroxylation sites is 1. The first-order chi connectivity index (χ1) is 12.6. The van der Waals surface area contributed by atoms with E-state index >= 15 is 0 Å². The second-order valence-electron chi connectivity index (χ2n) is 6.87. The van der Waals surface area contributed by atoms with Crippen molar-refractivity contribution in [2.75, 3.05) is 5.32 Å². The molecule has 1 heterocycles. The SMILES string of the molecule is CCC(CC)C(NC(=O)C1CC(=O)Nc2ccccc21)c1ccccc1. The lowest BCUT2D eigenvalue weighted by Crippen LogP contribution is -2.39. The molecule has 2 aromatic rings. The van der Waals surface area contributed by atoms with Crippen LogP contribution in [0.15, 0.2) is 54.6 Å². The van der Waals surface area contributed by atoms with Gasteiger partial charge in [-0.2, -0.15) is 0 Å². The van der Waals surface area contributed by atoms with Gasteiger partial charge in [0.25, 0.3) is 0 Å². The minimum Gasteiger partial charge on any atom is -0.348 e. The lowest BCUT2D eigenvalue weighted by Gasteiger charge is -2.31. The van der Waals surface area contributed by atoms with Crippen LogP contribution in [0.25, 0.3) is 0 Å². The van der Waals surface area contributed by atoms with E-state index in [-0.39, 0.29) is 24.3 Å². The summed E-state index contributed by atoms with van der Waals surface area (Å²) in [5, 5.41) is 6.10. The van der Waals surface area contributed by atoms with Crippen LogP contribution in [-0.2, 0) is 9.59 Å². The summed E-state index contributed by atoms with van der Waals surface area (Å²) in [5.74, 6) is -0.273. The molecule has 26 heavy (non-hydrogen) atoms. The number of rotatable bonds is 6. The molecule has 2 atom stereocenters. The number of benzene rings is 2. The molecule has 0 aliphatic carbocycles. The van der Waals surface area contributed by atoms with Crippen molar-refractivity contribution in [1.82, 2.24) is 5.32 Å². The summed E-state index contributed by atoms with van der Waals surface area (Å²) in [6, 6.07) is 17.6. The van der Waals surface area contributed by atoms with Crippen molar-refractivity contribution in [1.29, 1.82) is 0 Å². The number of carbonyl (C=O) groups is 2. The quantitative estimate of drug-likeness (QED) is 0.811. The predicted octanol–water partition coefficient (Wildman–Crippen LogP) is 4.41. The predicted molar refractivity (Wildman–Crippen MR) is 104 cm³/mol. The van der Waals surface area contributed by atoms with Crippen LogP contribution in [0.4, 0.5) is 5.69 Å². The molecule has 0 saturated carbocycles. The molecule has 2 aromatic carbocycles. The maximum absolute atomic E-state index is 13.1. The average molecular weight is 350 g/mol. The lowest BCUT2D eigenvalue weighted by molar-refractivity contribution is -0.127. The maximum atomic E-state index is 13.1. The molecule has 0 radical (unpaired) electrons. The van der Waals surface area contributed by atoms with Crippen molar-refractivity contribution < 1.29 is 9.59 Å². The average Bonchev–Trinajstić information content (AvgIpc) is 2.68. The Kier molecular flexibility index (Phi) is 5.71. The van der Waals surface area contributed by atoms with Gasteiger partial charge < -0.3 is 10.6 Å². The Morgan fingerprint density at radius 1 is 1.08 bits per heavy atom. The van der Waals surface area contributed by atoms with E-state index in [2.05, 4.69) is 36.6 Å².